The first kappa shape index (κ1) is 14.4. The van der Waals surface area contributed by atoms with Gasteiger partial charge in [-0.25, -0.2) is 8.42 Å². The van der Waals surface area contributed by atoms with E-state index in [0.717, 1.165) is 0 Å². The lowest BCUT2D eigenvalue weighted by atomic mass is 10.3. The van der Waals surface area contributed by atoms with E-state index in [1.807, 2.05) is 6.92 Å². The van der Waals surface area contributed by atoms with Crippen LogP contribution >= 0.6 is 0 Å². The number of hydrogen-bond donors (Lipinski definition) is 1. The lowest BCUT2D eigenvalue weighted by Gasteiger charge is -2.32. The van der Waals surface area contributed by atoms with E-state index in [0.29, 0.717) is 19.6 Å². The van der Waals surface area contributed by atoms with Crippen LogP contribution in [-0.2, 0) is 19.6 Å². The Morgan fingerprint density at radius 1 is 1.53 bits per heavy atom. The molecule has 1 atom stereocenters. The van der Waals surface area contributed by atoms with E-state index in [1.165, 1.54) is 4.31 Å². The SMILES string of the molecule is CCOC(=O)CCS(=O)(=O)N1CCNCC1C. The Kier molecular flexibility index (Phi) is 5.35. The molecule has 0 amide bonds. The molecule has 1 fully saturated rings. The number of esters is 1. The maximum Gasteiger partial charge on any atom is 0.306 e. The molecule has 1 N–H and O–H groups in total. The summed E-state index contributed by atoms with van der Waals surface area (Å²) in [5, 5.41) is 3.12. The largest absolute Gasteiger partial charge is 0.466 e. The van der Waals surface area contributed by atoms with Crippen molar-refractivity contribution >= 4 is 16.0 Å². The average molecular weight is 264 g/mol. The Bertz CT molecular complexity index is 355. The summed E-state index contributed by atoms with van der Waals surface area (Å²) in [7, 11) is -3.35. The molecule has 1 aliphatic rings. The normalized spacial score (nSPS) is 22.4. The highest BCUT2D eigenvalue weighted by atomic mass is 32.2. The third-order valence-corrected chi connectivity index (χ3v) is 4.64. The molecule has 0 aromatic heterocycles. The summed E-state index contributed by atoms with van der Waals surface area (Å²) in [4.78, 5) is 11.1. The Morgan fingerprint density at radius 2 is 2.24 bits per heavy atom. The van der Waals surface area contributed by atoms with Crippen LogP contribution in [0.5, 0.6) is 0 Å². The molecule has 1 aliphatic heterocycles. The number of rotatable bonds is 5. The molecule has 0 radical (unpaired) electrons. The van der Waals surface area contributed by atoms with Crippen LogP contribution in [0.4, 0.5) is 0 Å². The third kappa shape index (κ3) is 4.25. The average Bonchev–Trinajstić information content (AvgIpc) is 2.27. The number of ether oxygens (including phenoxy) is 1. The van der Waals surface area contributed by atoms with Gasteiger partial charge in [-0.1, -0.05) is 0 Å². The zero-order valence-electron chi connectivity index (χ0n) is 10.3. The molecule has 100 valence electrons. The van der Waals surface area contributed by atoms with Crippen LogP contribution in [0.2, 0.25) is 0 Å². The molecule has 1 unspecified atom stereocenters. The van der Waals surface area contributed by atoms with Crippen LogP contribution in [-0.4, -0.2) is 56.7 Å². The van der Waals surface area contributed by atoms with E-state index in [9.17, 15) is 13.2 Å². The van der Waals surface area contributed by atoms with Gasteiger partial charge in [0.05, 0.1) is 18.8 Å². The molecule has 7 heteroatoms. The molecule has 0 aromatic rings. The van der Waals surface area contributed by atoms with Gasteiger partial charge in [-0.3, -0.25) is 4.79 Å². The number of carbonyl (C=O) groups is 1. The fraction of sp³-hybridized carbons (Fsp3) is 0.900. The number of nitrogens with one attached hydrogen (secondary N) is 1. The second-order valence-electron chi connectivity index (χ2n) is 4.03. The lowest BCUT2D eigenvalue weighted by Crippen LogP contribution is -2.52. The zero-order valence-corrected chi connectivity index (χ0v) is 11.1. The molecule has 6 nitrogen and oxygen atoms in total. The molecule has 17 heavy (non-hydrogen) atoms. The minimum atomic E-state index is -3.35. The Labute approximate surface area is 102 Å². The van der Waals surface area contributed by atoms with Gasteiger partial charge in [0.2, 0.25) is 10.0 Å². The van der Waals surface area contributed by atoms with E-state index in [2.05, 4.69) is 5.32 Å². The smallest absolute Gasteiger partial charge is 0.306 e. The predicted molar refractivity (Wildman–Crippen MR) is 64.1 cm³/mol. The van der Waals surface area contributed by atoms with E-state index >= 15 is 0 Å². The van der Waals surface area contributed by atoms with E-state index in [-0.39, 0.29) is 24.8 Å². The topological polar surface area (TPSA) is 75.7 Å². The highest BCUT2D eigenvalue weighted by Crippen LogP contribution is 2.11. The zero-order chi connectivity index (χ0) is 12.9. The molecule has 0 saturated carbocycles. The van der Waals surface area contributed by atoms with Crippen molar-refractivity contribution in [3.05, 3.63) is 0 Å². The van der Waals surface area contributed by atoms with Crippen LogP contribution in [0.1, 0.15) is 20.3 Å². The molecule has 0 spiro atoms. The summed E-state index contributed by atoms with van der Waals surface area (Å²) in [6.07, 6.45) is -0.0766. The monoisotopic (exact) mass is 264 g/mol. The van der Waals surface area contributed by atoms with E-state index < -0.39 is 16.0 Å². The van der Waals surface area contributed by atoms with Gasteiger partial charge in [0.25, 0.3) is 0 Å². The van der Waals surface area contributed by atoms with E-state index in [1.54, 1.807) is 6.92 Å². The van der Waals surface area contributed by atoms with Crippen molar-refractivity contribution in [2.45, 2.75) is 26.3 Å². The predicted octanol–water partition coefficient (Wildman–Crippen LogP) is -0.437. The second kappa shape index (κ2) is 6.32. The van der Waals surface area contributed by atoms with Crippen LogP contribution < -0.4 is 5.32 Å². The van der Waals surface area contributed by atoms with Crippen molar-refractivity contribution in [2.75, 3.05) is 32.0 Å². The van der Waals surface area contributed by atoms with Crippen molar-refractivity contribution in [3.8, 4) is 0 Å². The first-order valence-corrected chi connectivity index (χ1v) is 7.44. The lowest BCUT2D eigenvalue weighted by molar-refractivity contribution is -0.142. The standard InChI is InChI=1S/C10H20N2O4S/c1-3-16-10(13)4-7-17(14,15)12-6-5-11-8-9(12)2/h9,11H,3-8H2,1-2H3. The van der Waals surface area contributed by atoms with Crippen molar-refractivity contribution in [3.63, 3.8) is 0 Å². The van der Waals surface area contributed by atoms with Gasteiger partial charge in [0.1, 0.15) is 0 Å². The molecule has 0 aliphatic carbocycles. The maximum atomic E-state index is 12.0. The van der Waals surface area contributed by atoms with Gasteiger partial charge < -0.3 is 10.1 Å². The first-order valence-electron chi connectivity index (χ1n) is 5.83. The summed E-state index contributed by atoms with van der Waals surface area (Å²) in [6, 6.07) is -0.0593. The minimum absolute atomic E-state index is 0.0593. The molecule has 0 aromatic carbocycles. The summed E-state index contributed by atoms with van der Waals surface area (Å²) >= 11 is 0. The summed E-state index contributed by atoms with van der Waals surface area (Å²) in [6.45, 7) is 5.61. The molecule has 1 rings (SSSR count). The van der Waals surface area contributed by atoms with Crippen molar-refractivity contribution in [1.82, 2.24) is 9.62 Å². The van der Waals surface area contributed by atoms with Gasteiger partial charge in [0.15, 0.2) is 0 Å². The van der Waals surface area contributed by atoms with Gasteiger partial charge in [-0.15, -0.1) is 0 Å². The number of piperazine rings is 1. The van der Waals surface area contributed by atoms with Crippen molar-refractivity contribution in [1.29, 1.82) is 0 Å². The molecular weight excluding hydrogens is 244 g/mol. The van der Waals surface area contributed by atoms with Crippen LogP contribution in [0.25, 0.3) is 0 Å². The molecule has 1 heterocycles. The van der Waals surface area contributed by atoms with Crippen molar-refractivity contribution in [2.24, 2.45) is 0 Å². The Balaban J connectivity index is 2.52. The maximum absolute atomic E-state index is 12.0. The number of sulfonamides is 1. The fourth-order valence-corrected chi connectivity index (χ4v) is 3.45. The van der Waals surface area contributed by atoms with Gasteiger partial charge in [0, 0.05) is 25.7 Å². The number of nitrogens with zero attached hydrogens (tertiary/aromatic N) is 1. The Morgan fingerprint density at radius 3 is 2.82 bits per heavy atom. The number of hydrogen-bond acceptors (Lipinski definition) is 5. The highest BCUT2D eigenvalue weighted by molar-refractivity contribution is 7.89. The summed E-state index contributed by atoms with van der Waals surface area (Å²) in [5.41, 5.74) is 0. The summed E-state index contributed by atoms with van der Waals surface area (Å²) < 4.78 is 30.2. The van der Waals surface area contributed by atoms with Gasteiger partial charge >= 0.3 is 5.97 Å². The van der Waals surface area contributed by atoms with E-state index in [4.69, 9.17) is 4.74 Å². The molecule has 1 saturated heterocycles. The van der Waals surface area contributed by atoms with Crippen LogP contribution in [0.3, 0.4) is 0 Å². The highest BCUT2D eigenvalue weighted by Gasteiger charge is 2.29. The van der Waals surface area contributed by atoms with Crippen LogP contribution in [0, 0.1) is 0 Å². The quantitative estimate of drug-likeness (QED) is 0.682. The van der Waals surface area contributed by atoms with Gasteiger partial charge in [-0.2, -0.15) is 4.31 Å². The van der Waals surface area contributed by atoms with Crippen molar-refractivity contribution < 1.29 is 17.9 Å². The van der Waals surface area contributed by atoms with Crippen LogP contribution in [0.15, 0.2) is 0 Å². The molecule has 0 bridgehead atoms. The second-order valence-corrected chi connectivity index (χ2v) is 6.08. The van der Waals surface area contributed by atoms with Gasteiger partial charge in [-0.05, 0) is 13.8 Å². The Hall–Kier alpha value is -0.660. The fourth-order valence-electron chi connectivity index (χ4n) is 1.80. The third-order valence-electron chi connectivity index (χ3n) is 2.67. The number of carbonyl (C=O) groups excluding carboxylic acids is 1. The first-order chi connectivity index (χ1) is 7.97. The molecular formula is C10H20N2O4S. The summed E-state index contributed by atoms with van der Waals surface area (Å²) in [5.74, 6) is -0.630. The minimum Gasteiger partial charge on any atom is -0.466 e.